The summed E-state index contributed by atoms with van der Waals surface area (Å²) in [6.45, 7) is 1.42. The van der Waals surface area contributed by atoms with Gasteiger partial charge in [0.15, 0.2) is 11.5 Å². The lowest BCUT2D eigenvalue weighted by Gasteiger charge is -2.24. The van der Waals surface area contributed by atoms with Crippen molar-refractivity contribution in [3.05, 3.63) is 53.6 Å². The number of hydrogen-bond donors (Lipinski definition) is 1. The molecule has 1 fully saturated rings. The van der Waals surface area contributed by atoms with Crippen LogP contribution in [-0.2, 0) is 6.61 Å². The van der Waals surface area contributed by atoms with Gasteiger partial charge in [0.05, 0.1) is 18.8 Å². The topological polar surface area (TPSA) is 33.7 Å². The molecule has 134 valence electrons. The van der Waals surface area contributed by atoms with Crippen molar-refractivity contribution in [2.75, 3.05) is 19.0 Å². The molecule has 2 heterocycles. The minimum absolute atomic E-state index is 0.185. The Morgan fingerprint density at radius 2 is 1.96 bits per heavy atom. The van der Waals surface area contributed by atoms with Gasteiger partial charge < -0.3 is 19.7 Å². The fourth-order valence-electron chi connectivity index (χ4n) is 3.50. The summed E-state index contributed by atoms with van der Waals surface area (Å²) < 4.78 is 11.6. The van der Waals surface area contributed by atoms with E-state index in [4.69, 9.17) is 33.9 Å². The van der Waals surface area contributed by atoms with Crippen LogP contribution in [0.4, 0.5) is 5.69 Å². The van der Waals surface area contributed by atoms with Crippen molar-refractivity contribution in [1.29, 1.82) is 0 Å². The lowest BCUT2D eigenvalue weighted by Crippen LogP contribution is -2.39. The van der Waals surface area contributed by atoms with E-state index < -0.39 is 0 Å². The van der Waals surface area contributed by atoms with E-state index in [0.717, 1.165) is 46.2 Å². The lowest BCUT2D eigenvalue weighted by molar-refractivity contribution is 0.284. The zero-order valence-electron chi connectivity index (χ0n) is 14.5. The molecule has 2 aliphatic rings. The summed E-state index contributed by atoms with van der Waals surface area (Å²) in [7, 11) is 1.65. The molecule has 2 aromatic carbocycles. The Bertz CT molecular complexity index is 854. The van der Waals surface area contributed by atoms with Gasteiger partial charge in [-0.15, -0.1) is 0 Å². The first-order valence-electron chi connectivity index (χ1n) is 8.68. The molecule has 0 spiro atoms. The first-order valence-corrected chi connectivity index (χ1v) is 9.49. The van der Waals surface area contributed by atoms with Crippen LogP contribution in [-0.4, -0.2) is 34.6 Å². The summed E-state index contributed by atoms with van der Waals surface area (Å²) in [4.78, 5) is 3.87. The minimum atomic E-state index is 0.185. The predicted molar refractivity (Wildman–Crippen MR) is 111 cm³/mol. The number of anilines is 1. The number of fused-ring (bicyclic) bond motifs is 2. The summed E-state index contributed by atoms with van der Waals surface area (Å²) in [6.07, 6.45) is 2.14. The Labute approximate surface area is 164 Å². The molecule has 0 saturated carbocycles. The molecule has 1 N–H and O–H groups in total. The number of rotatable bonds is 4. The molecule has 4 nitrogen and oxygen atoms in total. The van der Waals surface area contributed by atoms with Gasteiger partial charge in [-0.05, 0) is 24.5 Å². The van der Waals surface area contributed by atoms with Gasteiger partial charge in [-0.1, -0.05) is 54.8 Å². The van der Waals surface area contributed by atoms with Crippen molar-refractivity contribution in [2.45, 2.75) is 25.5 Å². The quantitative estimate of drug-likeness (QED) is 0.797. The van der Waals surface area contributed by atoms with Crippen LogP contribution in [0.2, 0.25) is 0 Å². The van der Waals surface area contributed by atoms with Crippen molar-refractivity contribution in [2.24, 2.45) is 0 Å². The molecule has 1 saturated heterocycles. The van der Waals surface area contributed by atoms with Crippen LogP contribution in [0.15, 0.2) is 42.5 Å². The Kier molecular flexibility index (Phi) is 4.78. The van der Waals surface area contributed by atoms with E-state index in [0.29, 0.717) is 18.1 Å². The highest BCUT2D eigenvalue weighted by Crippen LogP contribution is 2.38. The van der Waals surface area contributed by atoms with Crippen molar-refractivity contribution >= 4 is 40.1 Å². The minimum Gasteiger partial charge on any atom is -0.493 e. The average molecular weight is 385 g/mol. The van der Waals surface area contributed by atoms with E-state index in [1.165, 1.54) is 0 Å². The van der Waals surface area contributed by atoms with Crippen LogP contribution in [0, 0.1) is 0 Å². The molecule has 0 unspecified atom stereocenters. The van der Waals surface area contributed by atoms with Gasteiger partial charge in [-0.2, -0.15) is 0 Å². The smallest absolute Gasteiger partial charge is 0.163 e. The normalized spacial score (nSPS) is 18.7. The Balaban J connectivity index is 1.67. The second kappa shape index (κ2) is 7.21. The third-order valence-corrected chi connectivity index (χ3v) is 5.67. The van der Waals surface area contributed by atoms with Crippen LogP contribution < -0.4 is 14.8 Å². The average Bonchev–Trinajstić information content (AvgIpc) is 3.13. The van der Waals surface area contributed by atoms with E-state index in [9.17, 15) is 0 Å². The zero-order valence-corrected chi connectivity index (χ0v) is 16.2. The highest BCUT2D eigenvalue weighted by atomic mass is 32.1. The van der Waals surface area contributed by atoms with Gasteiger partial charge in [0.1, 0.15) is 16.6 Å². The lowest BCUT2D eigenvalue weighted by atomic mass is 10.1. The number of thiocarbonyl (C=S) groups is 2. The molecule has 0 bridgehead atoms. The third kappa shape index (κ3) is 3.15. The van der Waals surface area contributed by atoms with E-state index in [-0.39, 0.29) is 6.04 Å². The molecule has 2 aliphatic heterocycles. The molecule has 0 amide bonds. The van der Waals surface area contributed by atoms with Gasteiger partial charge >= 0.3 is 0 Å². The molecule has 6 heteroatoms. The van der Waals surface area contributed by atoms with Crippen molar-refractivity contribution in [3.63, 3.8) is 0 Å². The van der Waals surface area contributed by atoms with Gasteiger partial charge in [-0.25, -0.2) is 0 Å². The second-order valence-corrected chi connectivity index (χ2v) is 7.30. The monoisotopic (exact) mass is 384 g/mol. The summed E-state index contributed by atoms with van der Waals surface area (Å²) >= 11 is 11.4. The Morgan fingerprint density at radius 1 is 1.15 bits per heavy atom. The number of methoxy groups -OCH3 is 1. The van der Waals surface area contributed by atoms with Crippen LogP contribution in [0.1, 0.15) is 24.0 Å². The second-order valence-electron chi connectivity index (χ2n) is 6.47. The Hall–Kier alpha value is -2.18. The SMILES string of the molecule is COc1cc2c(cc1OCc1ccccc1)NC(=S)[C@@H]1CCCN1C2=S. The fraction of sp³-hybridized carbons (Fsp3) is 0.300. The molecular formula is C20H20N2O2S2. The third-order valence-electron chi connectivity index (χ3n) is 4.85. The summed E-state index contributed by atoms with van der Waals surface area (Å²) in [6, 6.07) is 14.1. The highest BCUT2D eigenvalue weighted by Gasteiger charge is 2.34. The summed E-state index contributed by atoms with van der Waals surface area (Å²) in [5, 5.41) is 3.38. The molecule has 26 heavy (non-hydrogen) atoms. The molecule has 4 rings (SSSR count). The predicted octanol–water partition coefficient (Wildman–Crippen LogP) is 4.17. The number of hydrogen-bond acceptors (Lipinski definition) is 4. The van der Waals surface area contributed by atoms with E-state index in [2.05, 4.69) is 10.2 Å². The molecule has 0 radical (unpaired) electrons. The van der Waals surface area contributed by atoms with Crippen LogP contribution >= 0.6 is 24.4 Å². The van der Waals surface area contributed by atoms with Crippen molar-refractivity contribution < 1.29 is 9.47 Å². The Morgan fingerprint density at radius 3 is 2.73 bits per heavy atom. The molecule has 1 atom stereocenters. The largest absolute Gasteiger partial charge is 0.493 e. The van der Waals surface area contributed by atoms with Crippen LogP contribution in [0.25, 0.3) is 0 Å². The number of nitrogens with one attached hydrogen (secondary N) is 1. The van der Waals surface area contributed by atoms with Gasteiger partial charge in [0.2, 0.25) is 0 Å². The van der Waals surface area contributed by atoms with E-state index >= 15 is 0 Å². The number of ether oxygens (including phenoxy) is 2. The zero-order chi connectivity index (χ0) is 18.1. The molecule has 0 aromatic heterocycles. The summed E-state index contributed by atoms with van der Waals surface area (Å²) in [5.41, 5.74) is 2.93. The van der Waals surface area contributed by atoms with Crippen LogP contribution in [0.5, 0.6) is 11.5 Å². The van der Waals surface area contributed by atoms with Crippen molar-refractivity contribution in [1.82, 2.24) is 4.90 Å². The van der Waals surface area contributed by atoms with Gasteiger partial charge in [-0.3, -0.25) is 0 Å². The van der Waals surface area contributed by atoms with Gasteiger partial charge in [0.25, 0.3) is 0 Å². The maximum absolute atomic E-state index is 6.02. The van der Waals surface area contributed by atoms with Crippen LogP contribution in [0.3, 0.4) is 0 Å². The fourth-order valence-corrected chi connectivity index (χ4v) is 4.24. The standard InChI is InChI=1S/C20H20N2O2S2/c1-23-17-10-14-15(11-18(17)24-12-13-6-3-2-4-7-13)21-19(25)16-8-5-9-22(16)20(14)26/h2-4,6-7,10-11,16H,5,8-9,12H2,1H3,(H,21,25)/t16-/m0/s1. The molecular weight excluding hydrogens is 364 g/mol. The van der Waals surface area contributed by atoms with Crippen molar-refractivity contribution in [3.8, 4) is 11.5 Å². The maximum atomic E-state index is 6.02. The first-order chi connectivity index (χ1) is 12.7. The summed E-state index contributed by atoms with van der Waals surface area (Å²) in [5.74, 6) is 1.35. The maximum Gasteiger partial charge on any atom is 0.163 e. The number of benzene rings is 2. The molecule has 2 aromatic rings. The number of nitrogens with zero attached hydrogens (tertiary/aromatic N) is 1. The van der Waals surface area contributed by atoms with E-state index in [1.54, 1.807) is 7.11 Å². The van der Waals surface area contributed by atoms with Gasteiger partial charge in [0, 0.05) is 18.2 Å². The highest BCUT2D eigenvalue weighted by molar-refractivity contribution is 7.81. The first kappa shape index (κ1) is 17.2. The molecule has 0 aliphatic carbocycles. The van der Waals surface area contributed by atoms with E-state index in [1.807, 2.05) is 42.5 Å².